The van der Waals surface area contributed by atoms with Crippen molar-refractivity contribution in [3.05, 3.63) is 12.1 Å². The topological polar surface area (TPSA) is 83.0 Å². The molecule has 0 bridgehead atoms. The van der Waals surface area contributed by atoms with Gasteiger partial charge in [-0.2, -0.15) is 5.26 Å². The van der Waals surface area contributed by atoms with Crippen LogP contribution in [0.2, 0.25) is 0 Å². The third-order valence-electron chi connectivity index (χ3n) is 2.21. The summed E-state index contributed by atoms with van der Waals surface area (Å²) in [5, 5.41) is 23.9. The second-order valence-corrected chi connectivity index (χ2v) is 3.63. The van der Waals surface area contributed by atoms with Gasteiger partial charge in [0.05, 0.1) is 12.0 Å². The van der Waals surface area contributed by atoms with Crippen LogP contribution < -0.4 is 4.90 Å². The number of hydrogen-bond donors (Lipinski definition) is 0. The van der Waals surface area contributed by atoms with E-state index in [1.54, 1.807) is 6.07 Å². The van der Waals surface area contributed by atoms with Crippen molar-refractivity contribution in [1.29, 1.82) is 5.26 Å². The van der Waals surface area contributed by atoms with Gasteiger partial charge in [0.25, 0.3) is 0 Å². The van der Waals surface area contributed by atoms with Crippen molar-refractivity contribution < 1.29 is 0 Å². The van der Waals surface area contributed by atoms with E-state index in [0.717, 1.165) is 5.82 Å². The first-order chi connectivity index (χ1) is 7.70. The van der Waals surface area contributed by atoms with Gasteiger partial charge in [-0.15, -0.1) is 14.8 Å². The first kappa shape index (κ1) is 10.3. The lowest BCUT2D eigenvalue weighted by atomic mass is 10.2. The Morgan fingerprint density at radius 3 is 3.12 bits per heavy atom. The number of anilines is 1. The van der Waals surface area contributed by atoms with Crippen LogP contribution in [0.25, 0.3) is 5.65 Å². The molecule has 0 radical (unpaired) electrons. The molecule has 0 aliphatic carbocycles. The quantitative estimate of drug-likeness (QED) is 0.725. The van der Waals surface area contributed by atoms with Crippen LogP contribution in [0.5, 0.6) is 0 Å². The number of aromatic nitrogens is 5. The molecule has 7 nitrogen and oxygen atoms in total. The van der Waals surface area contributed by atoms with E-state index >= 15 is 0 Å². The second kappa shape index (κ2) is 4.10. The molecular weight excluding hydrogens is 206 g/mol. The molecule has 0 amide bonds. The van der Waals surface area contributed by atoms with Gasteiger partial charge in [-0.05, 0) is 29.5 Å². The fraction of sp³-hybridized carbons (Fsp3) is 0.444. The Morgan fingerprint density at radius 1 is 1.56 bits per heavy atom. The van der Waals surface area contributed by atoms with Crippen LogP contribution in [0, 0.1) is 17.2 Å². The molecule has 2 rings (SSSR count). The fourth-order valence-electron chi connectivity index (χ4n) is 1.39. The van der Waals surface area contributed by atoms with Crippen molar-refractivity contribution in [3.8, 4) is 6.07 Å². The van der Waals surface area contributed by atoms with Crippen molar-refractivity contribution >= 4 is 11.5 Å². The molecule has 16 heavy (non-hydrogen) atoms. The van der Waals surface area contributed by atoms with Crippen LogP contribution in [-0.2, 0) is 0 Å². The summed E-state index contributed by atoms with van der Waals surface area (Å²) in [5.41, 5.74) is 0.602. The lowest BCUT2D eigenvalue weighted by Gasteiger charge is -2.18. The number of nitriles is 1. The minimum Gasteiger partial charge on any atom is -0.357 e. The maximum atomic E-state index is 8.73. The van der Waals surface area contributed by atoms with E-state index in [1.165, 1.54) is 4.63 Å². The predicted octanol–water partition coefficient (Wildman–Crippen LogP) is 0.115. The van der Waals surface area contributed by atoms with Gasteiger partial charge in [-0.1, -0.05) is 0 Å². The van der Waals surface area contributed by atoms with Crippen molar-refractivity contribution in [2.24, 2.45) is 5.92 Å². The molecule has 0 saturated heterocycles. The third kappa shape index (κ3) is 1.91. The second-order valence-electron chi connectivity index (χ2n) is 3.63. The first-order valence-corrected chi connectivity index (χ1v) is 4.87. The number of fused-ring (bicyclic) bond motifs is 1. The van der Waals surface area contributed by atoms with E-state index in [4.69, 9.17) is 5.26 Å². The van der Waals surface area contributed by atoms with Crippen LogP contribution in [-0.4, -0.2) is 38.8 Å². The monoisotopic (exact) mass is 217 g/mol. The molecule has 0 aromatic carbocycles. The largest absolute Gasteiger partial charge is 0.357 e. The Hall–Kier alpha value is -2.23. The smallest absolute Gasteiger partial charge is 0.200 e. The van der Waals surface area contributed by atoms with Gasteiger partial charge in [0, 0.05) is 13.6 Å². The highest BCUT2D eigenvalue weighted by Crippen LogP contribution is 2.10. The first-order valence-electron chi connectivity index (χ1n) is 4.87. The number of nitrogens with zero attached hydrogens (tertiary/aromatic N) is 7. The molecule has 0 aliphatic rings. The fourth-order valence-corrected chi connectivity index (χ4v) is 1.39. The van der Waals surface area contributed by atoms with E-state index in [1.807, 2.05) is 24.9 Å². The molecule has 2 heterocycles. The highest BCUT2D eigenvalue weighted by molar-refractivity contribution is 5.43. The summed E-state index contributed by atoms with van der Waals surface area (Å²) in [6.45, 7) is 2.49. The molecular formula is C9H11N7. The number of tetrazole rings is 1. The van der Waals surface area contributed by atoms with Crippen molar-refractivity contribution in [2.75, 3.05) is 18.5 Å². The number of hydrogen-bond acceptors (Lipinski definition) is 6. The van der Waals surface area contributed by atoms with Gasteiger partial charge < -0.3 is 4.90 Å². The average molecular weight is 217 g/mol. The summed E-state index contributed by atoms with van der Waals surface area (Å²) >= 11 is 0. The molecule has 0 spiro atoms. The van der Waals surface area contributed by atoms with Crippen LogP contribution in [0.4, 0.5) is 5.82 Å². The van der Waals surface area contributed by atoms with Crippen LogP contribution in [0.15, 0.2) is 12.1 Å². The van der Waals surface area contributed by atoms with Crippen LogP contribution >= 0.6 is 0 Å². The van der Waals surface area contributed by atoms with Gasteiger partial charge in [0.1, 0.15) is 0 Å². The van der Waals surface area contributed by atoms with E-state index in [2.05, 4.69) is 26.7 Å². The van der Waals surface area contributed by atoms with Gasteiger partial charge >= 0.3 is 0 Å². The summed E-state index contributed by atoms with van der Waals surface area (Å²) in [7, 11) is 1.88. The summed E-state index contributed by atoms with van der Waals surface area (Å²) in [5.74, 6) is 0.693. The zero-order valence-electron chi connectivity index (χ0n) is 9.07. The lowest BCUT2D eigenvalue weighted by molar-refractivity contribution is 0.682. The molecule has 1 atom stereocenters. The van der Waals surface area contributed by atoms with E-state index in [9.17, 15) is 0 Å². The Morgan fingerprint density at radius 2 is 2.38 bits per heavy atom. The summed E-state index contributed by atoms with van der Waals surface area (Å²) < 4.78 is 1.36. The van der Waals surface area contributed by atoms with Gasteiger partial charge in [-0.3, -0.25) is 0 Å². The minimum atomic E-state index is -0.0450. The van der Waals surface area contributed by atoms with E-state index in [0.29, 0.717) is 12.2 Å². The highest BCUT2D eigenvalue weighted by atomic mass is 15.6. The molecule has 7 heteroatoms. The average Bonchev–Trinajstić information content (AvgIpc) is 2.75. The summed E-state index contributed by atoms with van der Waals surface area (Å²) in [4.78, 5) is 1.90. The third-order valence-corrected chi connectivity index (χ3v) is 2.21. The molecule has 1 unspecified atom stereocenters. The summed E-state index contributed by atoms with van der Waals surface area (Å²) in [6.07, 6.45) is 0. The SMILES string of the molecule is CC(C#N)CN(C)c1ccc2nnnn2n1. The zero-order valence-corrected chi connectivity index (χ0v) is 9.07. The highest BCUT2D eigenvalue weighted by Gasteiger charge is 2.08. The van der Waals surface area contributed by atoms with Crippen molar-refractivity contribution in [3.63, 3.8) is 0 Å². The Balaban J connectivity index is 2.22. The molecule has 0 aliphatic heterocycles. The molecule has 2 aromatic rings. The molecule has 2 aromatic heterocycles. The zero-order chi connectivity index (χ0) is 11.5. The molecule has 0 N–H and O–H groups in total. The van der Waals surface area contributed by atoms with E-state index < -0.39 is 0 Å². The minimum absolute atomic E-state index is 0.0450. The Kier molecular flexibility index (Phi) is 2.64. The Labute approximate surface area is 92.3 Å². The molecule has 0 fully saturated rings. The Bertz CT molecular complexity index is 526. The maximum absolute atomic E-state index is 8.73. The van der Waals surface area contributed by atoms with Crippen molar-refractivity contribution in [2.45, 2.75) is 6.92 Å². The van der Waals surface area contributed by atoms with Gasteiger partial charge in [-0.25, -0.2) is 0 Å². The lowest BCUT2D eigenvalue weighted by Crippen LogP contribution is -2.24. The van der Waals surface area contributed by atoms with Gasteiger partial charge in [0.15, 0.2) is 11.5 Å². The maximum Gasteiger partial charge on any atom is 0.200 e. The van der Waals surface area contributed by atoms with Crippen LogP contribution in [0.1, 0.15) is 6.92 Å². The standard InChI is InChI=1S/C9H11N7/c1-7(5-10)6-15(2)9-4-3-8-11-13-14-16(8)12-9/h3-4,7H,6H2,1-2H3. The predicted molar refractivity (Wildman–Crippen MR) is 56.6 cm³/mol. The normalized spacial score (nSPS) is 12.3. The molecule has 82 valence electrons. The number of rotatable bonds is 3. The van der Waals surface area contributed by atoms with E-state index in [-0.39, 0.29) is 5.92 Å². The van der Waals surface area contributed by atoms with Crippen LogP contribution in [0.3, 0.4) is 0 Å². The van der Waals surface area contributed by atoms with Crippen molar-refractivity contribution in [1.82, 2.24) is 25.3 Å². The van der Waals surface area contributed by atoms with Gasteiger partial charge in [0.2, 0.25) is 0 Å². The summed E-state index contributed by atoms with van der Waals surface area (Å²) in [6, 6.07) is 5.80. The molecule has 0 saturated carbocycles.